The van der Waals surface area contributed by atoms with E-state index < -0.39 is 0 Å². The first-order valence-electron chi connectivity index (χ1n) is 11.8. The summed E-state index contributed by atoms with van der Waals surface area (Å²) in [6, 6.07) is 20.2. The zero-order chi connectivity index (χ0) is 23.9. The maximum absolute atomic E-state index is 6.25. The molecule has 0 saturated carbocycles. The summed E-state index contributed by atoms with van der Waals surface area (Å²) in [6.07, 6.45) is 2.16. The van der Waals surface area contributed by atoms with Crippen molar-refractivity contribution >= 4 is 39.1 Å². The highest BCUT2D eigenvalue weighted by Crippen LogP contribution is 2.34. The summed E-state index contributed by atoms with van der Waals surface area (Å²) in [7, 11) is 3.39. The van der Waals surface area contributed by atoms with Crippen molar-refractivity contribution in [3.8, 4) is 11.5 Å². The smallest absolute Gasteiger partial charge is 0.119 e. The Bertz CT molecular complexity index is 1240. The highest BCUT2D eigenvalue weighted by Gasteiger charge is 2.11. The van der Waals surface area contributed by atoms with Gasteiger partial charge in [-0.25, -0.2) is 4.98 Å². The van der Waals surface area contributed by atoms with E-state index in [0.717, 1.165) is 78.0 Å². The van der Waals surface area contributed by atoms with Gasteiger partial charge >= 0.3 is 0 Å². The van der Waals surface area contributed by atoms with Gasteiger partial charge in [0, 0.05) is 35.4 Å². The van der Waals surface area contributed by atoms with E-state index in [-0.39, 0.29) is 0 Å². The van der Waals surface area contributed by atoms with Gasteiger partial charge in [0.15, 0.2) is 0 Å². The SMILES string of the molecule is CCCN(CCCNc1c2ccc(Cl)cc2nc2ccc(OC)cc12)Cc1ccc(OC)cc1. The lowest BCUT2D eigenvalue weighted by atomic mass is 10.1. The number of aromatic nitrogens is 1. The second kappa shape index (κ2) is 11.4. The van der Waals surface area contributed by atoms with Gasteiger partial charge < -0.3 is 14.8 Å². The Kier molecular flexibility index (Phi) is 8.09. The van der Waals surface area contributed by atoms with Crippen molar-refractivity contribution in [1.29, 1.82) is 0 Å². The number of nitrogens with one attached hydrogen (secondary N) is 1. The highest BCUT2D eigenvalue weighted by molar-refractivity contribution is 6.31. The molecule has 0 radical (unpaired) electrons. The van der Waals surface area contributed by atoms with E-state index in [1.54, 1.807) is 14.2 Å². The van der Waals surface area contributed by atoms with Crippen LogP contribution >= 0.6 is 11.6 Å². The summed E-state index contributed by atoms with van der Waals surface area (Å²) < 4.78 is 10.8. The van der Waals surface area contributed by atoms with Gasteiger partial charge in [-0.1, -0.05) is 30.7 Å². The summed E-state index contributed by atoms with van der Waals surface area (Å²) in [5, 5.41) is 6.50. The molecule has 4 aromatic rings. The number of benzene rings is 3. The van der Waals surface area contributed by atoms with Gasteiger partial charge in [0.1, 0.15) is 11.5 Å². The van der Waals surface area contributed by atoms with Gasteiger partial charge in [-0.15, -0.1) is 0 Å². The molecule has 0 fully saturated rings. The summed E-state index contributed by atoms with van der Waals surface area (Å²) >= 11 is 6.25. The number of pyridine rings is 1. The normalized spacial score (nSPS) is 11.3. The lowest BCUT2D eigenvalue weighted by Crippen LogP contribution is -2.26. The lowest BCUT2D eigenvalue weighted by molar-refractivity contribution is 0.265. The van der Waals surface area contributed by atoms with Gasteiger partial charge in [-0.05, 0) is 73.5 Å². The quantitative estimate of drug-likeness (QED) is 0.191. The van der Waals surface area contributed by atoms with Gasteiger partial charge in [0.05, 0.1) is 30.9 Å². The summed E-state index contributed by atoms with van der Waals surface area (Å²) in [6.45, 7) is 6.12. The van der Waals surface area contributed by atoms with Gasteiger partial charge in [0.2, 0.25) is 0 Å². The maximum Gasteiger partial charge on any atom is 0.119 e. The van der Waals surface area contributed by atoms with Crippen molar-refractivity contribution in [2.45, 2.75) is 26.3 Å². The Morgan fingerprint density at radius 2 is 1.62 bits per heavy atom. The minimum Gasteiger partial charge on any atom is -0.497 e. The van der Waals surface area contributed by atoms with Crippen LogP contribution in [0.4, 0.5) is 5.69 Å². The molecule has 0 saturated heterocycles. The largest absolute Gasteiger partial charge is 0.497 e. The molecule has 1 aromatic heterocycles. The van der Waals surface area contributed by atoms with Crippen molar-refractivity contribution in [2.75, 3.05) is 39.2 Å². The van der Waals surface area contributed by atoms with Crippen LogP contribution in [-0.4, -0.2) is 43.7 Å². The number of hydrogen-bond donors (Lipinski definition) is 1. The standard InChI is InChI=1S/C28H32ClN3O2/c1-4-15-32(19-20-6-9-22(33-2)10-7-20)16-5-14-30-28-24-12-8-21(29)17-27(24)31-26-13-11-23(34-3)18-25(26)28/h6-13,17-18H,4-5,14-16,19H2,1-3H3,(H,30,31). The number of nitrogens with zero attached hydrogens (tertiary/aromatic N) is 2. The highest BCUT2D eigenvalue weighted by atomic mass is 35.5. The average Bonchev–Trinajstić information content (AvgIpc) is 2.86. The molecule has 3 aromatic carbocycles. The van der Waals surface area contributed by atoms with Crippen molar-refractivity contribution in [1.82, 2.24) is 9.88 Å². The number of ether oxygens (including phenoxy) is 2. The third-order valence-corrected chi connectivity index (χ3v) is 6.24. The fourth-order valence-corrected chi connectivity index (χ4v) is 4.47. The first-order valence-corrected chi connectivity index (χ1v) is 12.1. The minimum atomic E-state index is 0.688. The summed E-state index contributed by atoms with van der Waals surface area (Å²) in [5.41, 5.74) is 4.19. The average molecular weight is 478 g/mol. The monoisotopic (exact) mass is 477 g/mol. The second-order valence-electron chi connectivity index (χ2n) is 8.44. The van der Waals surface area contributed by atoms with E-state index in [9.17, 15) is 0 Å². The number of halogens is 1. The van der Waals surface area contributed by atoms with Crippen LogP contribution < -0.4 is 14.8 Å². The van der Waals surface area contributed by atoms with Crippen LogP contribution in [0.15, 0.2) is 60.7 Å². The van der Waals surface area contributed by atoms with Crippen LogP contribution in [0.1, 0.15) is 25.3 Å². The van der Waals surface area contributed by atoms with Crippen molar-refractivity contribution in [3.05, 3.63) is 71.2 Å². The van der Waals surface area contributed by atoms with E-state index in [4.69, 9.17) is 26.1 Å². The van der Waals surface area contributed by atoms with Crippen LogP contribution in [-0.2, 0) is 6.54 Å². The Balaban J connectivity index is 1.48. The minimum absolute atomic E-state index is 0.688. The molecule has 178 valence electrons. The van der Waals surface area contributed by atoms with Crippen LogP contribution in [0.2, 0.25) is 5.02 Å². The predicted octanol–water partition coefficient (Wildman–Crippen LogP) is 6.77. The Morgan fingerprint density at radius 3 is 2.35 bits per heavy atom. The number of methoxy groups -OCH3 is 2. The molecule has 1 N–H and O–H groups in total. The molecule has 0 amide bonds. The topological polar surface area (TPSA) is 46.6 Å². The molecular weight excluding hydrogens is 446 g/mol. The van der Waals surface area contributed by atoms with E-state index >= 15 is 0 Å². The Morgan fingerprint density at radius 1 is 0.853 bits per heavy atom. The predicted molar refractivity (Wildman–Crippen MR) is 142 cm³/mol. The van der Waals surface area contributed by atoms with E-state index in [0.29, 0.717) is 5.02 Å². The number of anilines is 1. The summed E-state index contributed by atoms with van der Waals surface area (Å²) in [5.74, 6) is 1.71. The van der Waals surface area contributed by atoms with Crippen molar-refractivity contribution in [3.63, 3.8) is 0 Å². The summed E-state index contributed by atoms with van der Waals surface area (Å²) in [4.78, 5) is 7.33. The molecule has 0 aliphatic carbocycles. The molecular formula is C28H32ClN3O2. The van der Waals surface area contributed by atoms with E-state index in [1.165, 1.54) is 5.56 Å². The molecule has 6 heteroatoms. The maximum atomic E-state index is 6.25. The van der Waals surface area contributed by atoms with Crippen LogP contribution in [0.25, 0.3) is 21.8 Å². The van der Waals surface area contributed by atoms with Crippen LogP contribution in [0, 0.1) is 0 Å². The van der Waals surface area contributed by atoms with Crippen LogP contribution in [0.5, 0.6) is 11.5 Å². The zero-order valence-corrected chi connectivity index (χ0v) is 20.9. The van der Waals surface area contributed by atoms with Gasteiger partial charge in [0.25, 0.3) is 0 Å². The van der Waals surface area contributed by atoms with Crippen molar-refractivity contribution < 1.29 is 9.47 Å². The van der Waals surface area contributed by atoms with E-state index in [2.05, 4.69) is 29.3 Å². The molecule has 0 aliphatic rings. The van der Waals surface area contributed by atoms with Crippen LogP contribution in [0.3, 0.4) is 0 Å². The second-order valence-corrected chi connectivity index (χ2v) is 8.87. The molecule has 0 bridgehead atoms. The van der Waals surface area contributed by atoms with Gasteiger partial charge in [-0.2, -0.15) is 0 Å². The molecule has 0 aliphatic heterocycles. The zero-order valence-electron chi connectivity index (χ0n) is 20.1. The number of fused-ring (bicyclic) bond motifs is 2. The van der Waals surface area contributed by atoms with Crippen molar-refractivity contribution in [2.24, 2.45) is 0 Å². The number of hydrogen-bond acceptors (Lipinski definition) is 5. The molecule has 4 rings (SSSR count). The molecule has 0 spiro atoms. The van der Waals surface area contributed by atoms with E-state index in [1.807, 2.05) is 48.5 Å². The molecule has 1 heterocycles. The molecule has 0 atom stereocenters. The third-order valence-electron chi connectivity index (χ3n) is 6.00. The molecule has 34 heavy (non-hydrogen) atoms. The fourth-order valence-electron chi connectivity index (χ4n) is 4.31. The fraction of sp³-hybridized carbons (Fsp3) is 0.321. The third kappa shape index (κ3) is 5.72. The number of rotatable bonds is 11. The Labute approximate surface area is 206 Å². The first-order chi connectivity index (χ1) is 16.6. The van der Waals surface area contributed by atoms with Gasteiger partial charge in [-0.3, -0.25) is 4.90 Å². The molecule has 5 nitrogen and oxygen atoms in total. The molecule has 0 unspecified atom stereocenters. The first kappa shape index (κ1) is 24.1. The lowest BCUT2D eigenvalue weighted by Gasteiger charge is -2.22. The Hall–Kier alpha value is -3.02.